The number of amides is 2. The molecule has 1 atom stereocenters. The normalized spacial score (nSPS) is 17.3. The summed E-state index contributed by atoms with van der Waals surface area (Å²) in [5.41, 5.74) is 1.87. The number of hydrogen-bond acceptors (Lipinski definition) is 3. The molecule has 6 heteroatoms. The van der Waals surface area contributed by atoms with E-state index in [2.05, 4.69) is 12.2 Å². The van der Waals surface area contributed by atoms with Gasteiger partial charge in [0, 0.05) is 32.0 Å². The summed E-state index contributed by atoms with van der Waals surface area (Å²) in [5.74, 6) is 1.08. The van der Waals surface area contributed by atoms with Crippen LogP contribution in [0.2, 0.25) is 0 Å². The van der Waals surface area contributed by atoms with Crippen molar-refractivity contribution in [3.8, 4) is 0 Å². The average Bonchev–Trinajstić information content (AvgIpc) is 3.00. The number of para-hydroxylation sites is 2. The maximum absolute atomic E-state index is 12.9. The lowest BCUT2D eigenvalue weighted by molar-refractivity contribution is -0.135. The Balaban J connectivity index is 1.76. The molecule has 6 nitrogen and oxygen atoms in total. The number of piperidine rings is 1. The van der Waals surface area contributed by atoms with E-state index in [-0.39, 0.29) is 11.8 Å². The smallest absolute Gasteiger partial charge is 0.242 e. The molecule has 1 unspecified atom stereocenters. The van der Waals surface area contributed by atoms with Gasteiger partial charge in [-0.2, -0.15) is 0 Å². The fourth-order valence-corrected chi connectivity index (χ4v) is 3.82. The fourth-order valence-electron chi connectivity index (χ4n) is 3.82. The van der Waals surface area contributed by atoms with Gasteiger partial charge in [-0.3, -0.25) is 9.59 Å². The first-order chi connectivity index (χ1) is 13.1. The third kappa shape index (κ3) is 4.67. The van der Waals surface area contributed by atoms with E-state index in [1.807, 2.05) is 40.7 Å². The second-order valence-electron chi connectivity index (χ2n) is 7.38. The van der Waals surface area contributed by atoms with Crippen LogP contribution in [0.25, 0.3) is 11.0 Å². The summed E-state index contributed by atoms with van der Waals surface area (Å²) in [4.78, 5) is 31.4. The van der Waals surface area contributed by atoms with Crippen molar-refractivity contribution in [2.75, 3.05) is 13.1 Å². The summed E-state index contributed by atoms with van der Waals surface area (Å²) in [7, 11) is 0. The van der Waals surface area contributed by atoms with Gasteiger partial charge in [-0.15, -0.1) is 0 Å². The van der Waals surface area contributed by atoms with Crippen LogP contribution < -0.4 is 5.32 Å². The Morgan fingerprint density at radius 3 is 2.85 bits per heavy atom. The van der Waals surface area contributed by atoms with Crippen molar-refractivity contribution in [2.24, 2.45) is 0 Å². The molecular formula is C21H30N4O2. The zero-order valence-corrected chi connectivity index (χ0v) is 16.4. The summed E-state index contributed by atoms with van der Waals surface area (Å²) in [6.07, 6.45) is 5.35. The topological polar surface area (TPSA) is 67.2 Å². The molecule has 1 N–H and O–H groups in total. The van der Waals surface area contributed by atoms with E-state index >= 15 is 0 Å². The van der Waals surface area contributed by atoms with Crippen molar-refractivity contribution >= 4 is 22.8 Å². The van der Waals surface area contributed by atoms with Gasteiger partial charge < -0.3 is 14.8 Å². The number of carbonyl (C=O) groups is 2. The van der Waals surface area contributed by atoms with E-state index in [4.69, 9.17) is 4.98 Å². The number of benzene rings is 1. The molecule has 1 saturated heterocycles. The highest BCUT2D eigenvalue weighted by Crippen LogP contribution is 2.20. The summed E-state index contributed by atoms with van der Waals surface area (Å²) in [6.45, 7) is 5.81. The van der Waals surface area contributed by atoms with Crippen molar-refractivity contribution in [2.45, 2.75) is 65.0 Å². The molecule has 146 valence electrons. The predicted molar refractivity (Wildman–Crippen MR) is 106 cm³/mol. The lowest BCUT2D eigenvalue weighted by Crippen LogP contribution is -2.43. The fraction of sp³-hybridized carbons (Fsp3) is 0.571. The molecule has 0 bridgehead atoms. The van der Waals surface area contributed by atoms with Crippen LogP contribution >= 0.6 is 0 Å². The minimum atomic E-state index is 0.0679. The zero-order chi connectivity index (χ0) is 19.2. The maximum atomic E-state index is 12.9. The molecular weight excluding hydrogens is 340 g/mol. The number of fused-ring (bicyclic) bond motifs is 1. The zero-order valence-electron chi connectivity index (χ0n) is 16.4. The van der Waals surface area contributed by atoms with E-state index in [1.54, 1.807) is 0 Å². The van der Waals surface area contributed by atoms with Crippen molar-refractivity contribution in [3.05, 3.63) is 30.1 Å². The molecule has 1 aliphatic rings. The van der Waals surface area contributed by atoms with E-state index < -0.39 is 0 Å². The minimum Gasteiger partial charge on any atom is -0.356 e. The Hall–Kier alpha value is -2.37. The van der Waals surface area contributed by atoms with Crippen LogP contribution in [-0.4, -0.2) is 45.4 Å². The monoisotopic (exact) mass is 370 g/mol. The lowest BCUT2D eigenvalue weighted by atomic mass is 10.0. The second-order valence-corrected chi connectivity index (χ2v) is 7.38. The van der Waals surface area contributed by atoms with E-state index in [0.29, 0.717) is 32.0 Å². The average molecular weight is 370 g/mol. The van der Waals surface area contributed by atoms with E-state index in [9.17, 15) is 9.59 Å². The standard InChI is InChI=1S/C21H30N4O2/c1-3-8-20(26)22-13-12-19-23-17-10-4-5-11-18(17)25(19)15-21(27)24-14-7-6-9-16(24)2/h4-5,10-11,16H,3,6-9,12-15H2,1-2H3,(H,22,26). The Kier molecular flexibility index (Phi) is 6.48. The van der Waals surface area contributed by atoms with Crippen LogP contribution in [0.5, 0.6) is 0 Å². The summed E-state index contributed by atoms with van der Waals surface area (Å²) in [5, 5.41) is 2.94. The third-order valence-electron chi connectivity index (χ3n) is 5.30. The third-order valence-corrected chi connectivity index (χ3v) is 5.30. The van der Waals surface area contributed by atoms with Gasteiger partial charge in [-0.25, -0.2) is 4.98 Å². The maximum Gasteiger partial charge on any atom is 0.242 e. The van der Waals surface area contributed by atoms with Crippen molar-refractivity contribution < 1.29 is 9.59 Å². The number of rotatable bonds is 7. The number of aromatic nitrogens is 2. The van der Waals surface area contributed by atoms with Crippen LogP contribution in [0.4, 0.5) is 0 Å². The lowest BCUT2D eigenvalue weighted by Gasteiger charge is -2.33. The molecule has 0 spiro atoms. The Labute approximate surface area is 160 Å². The Morgan fingerprint density at radius 1 is 1.26 bits per heavy atom. The van der Waals surface area contributed by atoms with Gasteiger partial charge in [-0.1, -0.05) is 19.1 Å². The molecule has 2 amide bonds. The number of likely N-dealkylation sites (tertiary alicyclic amines) is 1. The molecule has 2 heterocycles. The van der Waals surface area contributed by atoms with Crippen LogP contribution in [0.3, 0.4) is 0 Å². The quantitative estimate of drug-likeness (QED) is 0.815. The number of hydrogen-bond donors (Lipinski definition) is 1. The van der Waals surface area contributed by atoms with Crippen LogP contribution in [0, 0.1) is 0 Å². The number of carbonyl (C=O) groups excluding carboxylic acids is 2. The van der Waals surface area contributed by atoms with E-state index in [0.717, 1.165) is 42.7 Å². The van der Waals surface area contributed by atoms with Crippen LogP contribution in [-0.2, 0) is 22.6 Å². The van der Waals surface area contributed by atoms with Crippen LogP contribution in [0.15, 0.2) is 24.3 Å². The van der Waals surface area contributed by atoms with Gasteiger partial charge in [0.05, 0.1) is 11.0 Å². The van der Waals surface area contributed by atoms with Gasteiger partial charge in [0.2, 0.25) is 11.8 Å². The van der Waals surface area contributed by atoms with Gasteiger partial charge in [0.1, 0.15) is 12.4 Å². The molecule has 1 aromatic heterocycles. The highest BCUT2D eigenvalue weighted by Gasteiger charge is 2.24. The SMILES string of the molecule is CCCC(=O)NCCc1nc2ccccc2n1CC(=O)N1CCCCC1C. The first kappa shape index (κ1) is 19.4. The molecule has 2 aromatic rings. The summed E-state index contributed by atoms with van der Waals surface area (Å²) in [6, 6.07) is 8.22. The van der Waals surface area contributed by atoms with Gasteiger partial charge in [-0.05, 0) is 44.7 Å². The second kappa shape index (κ2) is 9.02. The molecule has 0 aliphatic carbocycles. The molecule has 1 aromatic carbocycles. The molecule has 3 rings (SSSR count). The van der Waals surface area contributed by atoms with E-state index in [1.165, 1.54) is 6.42 Å². The molecule has 0 saturated carbocycles. The summed E-state index contributed by atoms with van der Waals surface area (Å²) >= 11 is 0. The highest BCUT2D eigenvalue weighted by molar-refractivity contribution is 5.81. The van der Waals surface area contributed by atoms with Crippen molar-refractivity contribution in [1.82, 2.24) is 19.8 Å². The largest absolute Gasteiger partial charge is 0.356 e. The Morgan fingerprint density at radius 2 is 2.07 bits per heavy atom. The first-order valence-corrected chi connectivity index (χ1v) is 10.1. The number of nitrogens with one attached hydrogen (secondary N) is 1. The molecule has 1 fully saturated rings. The molecule has 27 heavy (non-hydrogen) atoms. The first-order valence-electron chi connectivity index (χ1n) is 10.1. The molecule has 0 radical (unpaired) electrons. The summed E-state index contributed by atoms with van der Waals surface area (Å²) < 4.78 is 2.02. The van der Waals surface area contributed by atoms with Crippen molar-refractivity contribution in [1.29, 1.82) is 0 Å². The van der Waals surface area contributed by atoms with Gasteiger partial charge in [0.15, 0.2) is 0 Å². The van der Waals surface area contributed by atoms with Crippen LogP contribution in [0.1, 0.15) is 51.8 Å². The number of nitrogens with zero attached hydrogens (tertiary/aromatic N) is 3. The Bertz CT molecular complexity index is 799. The van der Waals surface area contributed by atoms with Crippen molar-refractivity contribution in [3.63, 3.8) is 0 Å². The highest BCUT2D eigenvalue weighted by atomic mass is 16.2. The number of imidazole rings is 1. The minimum absolute atomic E-state index is 0.0679. The van der Waals surface area contributed by atoms with Gasteiger partial charge in [0.25, 0.3) is 0 Å². The molecule has 1 aliphatic heterocycles. The van der Waals surface area contributed by atoms with Gasteiger partial charge >= 0.3 is 0 Å². The predicted octanol–water partition coefficient (Wildman–Crippen LogP) is 2.90.